The van der Waals surface area contributed by atoms with E-state index in [9.17, 15) is 4.79 Å². The van der Waals surface area contributed by atoms with Gasteiger partial charge in [0.15, 0.2) is 5.96 Å². The molecule has 0 radical (unpaired) electrons. The zero-order chi connectivity index (χ0) is 13.4. The van der Waals surface area contributed by atoms with Crippen molar-refractivity contribution in [3.05, 3.63) is 41.6 Å². The molecule has 5 heteroatoms. The molecule has 1 amide bonds. The molecule has 5 nitrogen and oxygen atoms in total. The van der Waals surface area contributed by atoms with Crippen LogP contribution in [0.3, 0.4) is 0 Å². The number of amides is 1. The van der Waals surface area contributed by atoms with Crippen LogP contribution in [0.1, 0.15) is 17.3 Å². The molecular formula is C14H14N4O. The maximum atomic E-state index is 11.9. The van der Waals surface area contributed by atoms with Gasteiger partial charge in [-0.15, -0.1) is 0 Å². The van der Waals surface area contributed by atoms with Gasteiger partial charge in [0, 0.05) is 18.1 Å². The van der Waals surface area contributed by atoms with Crippen molar-refractivity contribution in [1.29, 1.82) is 0 Å². The van der Waals surface area contributed by atoms with Crippen LogP contribution in [0.4, 0.5) is 0 Å². The van der Waals surface area contributed by atoms with Gasteiger partial charge in [0.25, 0.3) is 5.91 Å². The number of fused-ring (bicyclic) bond motifs is 1. The normalized spacial score (nSPS) is 20.6. The first-order valence-corrected chi connectivity index (χ1v) is 6.09. The van der Waals surface area contributed by atoms with E-state index in [0.29, 0.717) is 5.96 Å². The Hall–Kier alpha value is -2.43. The number of nitrogens with one attached hydrogen (secondary N) is 2. The Bertz CT molecular complexity index is 693. The van der Waals surface area contributed by atoms with Crippen LogP contribution in [-0.4, -0.2) is 23.9 Å². The third kappa shape index (κ3) is 2.03. The molecule has 3 rings (SSSR count). The van der Waals surface area contributed by atoms with Gasteiger partial charge in [-0.25, -0.2) is 0 Å². The van der Waals surface area contributed by atoms with E-state index in [0.717, 1.165) is 22.2 Å². The number of pyridine rings is 1. The van der Waals surface area contributed by atoms with Crippen molar-refractivity contribution in [3.63, 3.8) is 0 Å². The highest BCUT2D eigenvalue weighted by molar-refractivity contribution is 6.06. The van der Waals surface area contributed by atoms with Crippen molar-refractivity contribution in [2.24, 2.45) is 4.99 Å². The Labute approximate surface area is 110 Å². The molecule has 1 aliphatic rings. The van der Waals surface area contributed by atoms with Gasteiger partial charge in [-0.2, -0.15) is 0 Å². The predicted molar refractivity (Wildman–Crippen MR) is 73.9 cm³/mol. The highest BCUT2D eigenvalue weighted by atomic mass is 16.2. The van der Waals surface area contributed by atoms with Crippen molar-refractivity contribution in [1.82, 2.24) is 15.6 Å². The maximum absolute atomic E-state index is 11.9. The monoisotopic (exact) mass is 254 g/mol. The molecule has 0 aliphatic carbocycles. The van der Waals surface area contributed by atoms with Crippen LogP contribution in [0.15, 0.2) is 35.3 Å². The molecule has 2 heterocycles. The SMILES string of the molecule is CN=C1NC(=O)C(c2ccc3nc(C)ccc3c2)N1. The van der Waals surface area contributed by atoms with Crippen LogP contribution in [0.5, 0.6) is 0 Å². The molecule has 0 spiro atoms. The molecule has 19 heavy (non-hydrogen) atoms. The van der Waals surface area contributed by atoms with Gasteiger partial charge in [-0.05, 0) is 30.7 Å². The lowest BCUT2D eigenvalue weighted by molar-refractivity contribution is -0.120. The average molecular weight is 254 g/mol. The molecule has 1 aromatic heterocycles. The molecule has 2 aromatic rings. The van der Waals surface area contributed by atoms with Gasteiger partial charge in [-0.1, -0.05) is 12.1 Å². The first-order chi connectivity index (χ1) is 9.17. The van der Waals surface area contributed by atoms with Crippen LogP contribution in [0, 0.1) is 6.92 Å². The van der Waals surface area contributed by atoms with Gasteiger partial charge >= 0.3 is 0 Å². The third-order valence-corrected chi connectivity index (χ3v) is 3.19. The topological polar surface area (TPSA) is 66.4 Å². The van der Waals surface area contributed by atoms with Crippen LogP contribution in [-0.2, 0) is 4.79 Å². The number of aliphatic imine (C=N–C) groups is 1. The summed E-state index contributed by atoms with van der Waals surface area (Å²) in [5.41, 5.74) is 2.83. The number of aryl methyl sites for hydroxylation is 1. The first kappa shape index (κ1) is 11.6. The third-order valence-electron chi connectivity index (χ3n) is 3.19. The molecular weight excluding hydrogens is 240 g/mol. The second-order valence-electron chi connectivity index (χ2n) is 4.54. The molecule has 96 valence electrons. The van der Waals surface area contributed by atoms with Crippen LogP contribution < -0.4 is 10.6 Å². The van der Waals surface area contributed by atoms with Gasteiger partial charge in [0.05, 0.1) is 5.52 Å². The van der Waals surface area contributed by atoms with Crippen molar-refractivity contribution >= 4 is 22.8 Å². The minimum absolute atomic E-state index is 0.0833. The summed E-state index contributed by atoms with van der Waals surface area (Å²) in [5.74, 6) is 0.428. The number of aromatic nitrogens is 1. The Balaban J connectivity index is 2.02. The fourth-order valence-electron chi connectivity index (χ4n) is 2.21. The number of guanidine groups is 1. The lowest BCUT2D eigenvalue weighted by Crippen LogP contribution is -2.24. The van der Waals surface area contributed by atoms with Gasteiger partial charge < -0.3 is 5.32 Å². The van der Waals surface area contributed by atoms with Crippen molar-refractivity contribution < 1.29 is 4.79 Å². The molecule has 0 saturated carbocycles. The zero-order valence-corrected chi connectivity index (χ0v) is 10.8. The van der Waals surface area contributed by atoms with Gasteiger partial charge in [0.2, 0.25) is 0 Å². The number of carbonyl (C=O) groups is 1. The predicted octanol–water partition coefficient (Wildman–Crippen LogP) is 1.29. The Morgan fingerprint density at radius 3 is 2.84 bits per heavy atom. The molecule has 1 aromatic carbocycles. The number of benzene rings is 1. The smallest absolute Gasteiger partial charge is 0.253 e. The second-order valence-corrected chi connectivity index (χ2v) is 4.54. The molecule has 1 atom stereocenters. The minimum atomic E-state index is -0.385. The van der Waals surface area contributed by atoms with Crippen molar-refractivity contribution in [3.8, 4) is 0 Å². The van der Waals surface area contributed by atoms with E-state index < -0.39 is 0 Å². The van der Waals surface area contributed by atoms with Crippen LogP contribution in [0.2, 0.25) is 0 Å². The van der Waals surface area contributed by atoms with E-state index in [1.807, 2.05) is 37.3 Å². The summed E-state index contributed by atoms with van der Waals surface area (Å²) in [6.45, 7) is 1.96. The Morgan fingerprint density at radius 2 is 2.11 bits per heavy atom. The standard InChI is InChI=1S/C14H14N4O/c1-8-3-4-9-7-10(5-6-11(9)16-8)12-13(19)18-14(15-2)17-12/h3-7,12H,1-2H3,(H2,15,17,18,19). The van der Waals surface area contributed by atoms with Crippen LogP contribution >= 0.6 is 0 Å². The minimum Gasteiger partial charge on any atom is -0.340 e. The zero-order valence-electron chi connectivity index (χ0n) is 10.8. The lowest BCUT2D eigenvalue weighted by atomic mass is 10.0. The Kier molecular flexibility index (Phi) is 2.67. The molecule has 1 aliphatic heterocycles. The van der Waals surface area contributed by atoms with E-state index >= 15 is 0 Å². The summed E-state index contributed by atoms with van der Waals surface area (Å²) < 4.78 is 0. The number of rotatable bonds is 1. The van der Waals surface area contributed by atoms with E-state index in [2.05, 4.69) is 20.6 Å². The molecule has 1 saturated heterocycles. The van der Waals surface area contributed by atoms with Crippen molar-refractivity contribution in [2.45, 2.75) is 13.0 Å². The number of nitrogens with zero attached hydrogens (tertiary/aromatic N) is 2. The summed E-state index contributed by atoms with van der Waals surface area (Å²) >= 11 is 0. The summed E-state index contributed by atoms with van der Waals surface area (Å²) in [6.07, 6.45) is 0. The highest BCUT2D eigenvalue weighted by Crippen LogP contribution is 2.21. The Morgan fingerprint density at radius 1 is 1.26 bits per heavy atom. The lowest BCUT2D eigenvalue weighted by Gasteiger charge is -2.09. The van der Waals surface area contributed by atoms with Crippen molar-refractivity contribution in [2.75, 3.05) is 7.05 Å². The first-order valence-electron chi connectivity index (χ1n) is 6.09. The largest absolute Gasteiger partial charge is 0.340 e. The summed E-state index contributed by atoms with van der Waals surface area (Å²) in [6, 6.07) is 9.44. The maximum Gasteiger partial charge on any atom is 0.253 e. The van der Waals surface area contributed by atoms with E-state index in [1.54, 1.807) is 7.05 Å². The quantitative estimate of drug-likeness (QED) is 0.806. The summed E-state index contributed by atoms with van der Waals surface area (Å²) in [5, 5.41) is 6.77. The van der Waals surface area contributed by atoms with E-state index in [-0.39, 0.29) is 11.9 Å². The van der Waals surface area contributed by atoms with Gasteiger partial charge in [0.1, 0.15) is 6.04 Å². The summed E-state index contributed by atoms with van der Waals surface area (Å²) in [4.78, 5) is 20.3. The molecule has 1 fully saturated rings. The molecule has 1 unspecified atom stereocenters. The average Bonchev–Trinajstić information content (AvgIpc) is 2.79. The fraction of sp³-hybridized carbons (Fsp3) is 0.214. The summed E-state index contributed by atoms with van der Waals surface area (Å²) in [7, 11) is 1.64. The molecule has 2 N–H and O–H groups in total. The number of hydrogen-bond acceptors (Lipinski definition) is 3. The van der Waals surface area contributed by atoms with E-state index in [1.165, 1.54) is 0 Å². The fourth-order valence-corrected chi connectivity index (χ4v) is 2.21. The van der Waals surface area contributed by atoms with Gasteiger partial charge in [-0.3, -0.25) is 20.1 Å². The van der Waals surface area contributed by atoms with Crippen LogP contribution in [0.25, 0.3) is 10.9 Å². The number of hydrogen-bond donors (Lipinski definition) is 2. The van der Waals surface area contributed by atoms with E-state index in [4.69, 9.17) is 0 Å². The number of carbonyl (C=O) groups excluding carboxylic acids is 1. The molecule has 0 bridgehead atoms. The second kappa shape index (κ2) is 4.35. The highest BCUT2D eigenvalue weighted by Gasteiger charge is 2.29.